The zero-order valence-corrected chi connectivity index (χ0v) is 8.83. The third kappa shape index (κ3) is 1.35. The normalized spacial score (nSPS) is 10.8. The Hall–Kier alpha value is -1.95. The van der Waals surface area contributed by atoms with Crippen molar-refractivity contribution in [2.24, 2.45) is 0 Å². The topological polar surface area (TPSA) is 65.6 Å². The third-order valence-electron chi connectivity index (χ3n) is 2.62. The van der Waals surface area contributed by atoms with Crippen LogP contribution in [0.3, 0.4) is 0 Å². The van der Waals surface area contributed by atoms with E-state index < -0.39 is 0 Å². The molecule has 15 heavy (non-hydrogen) atoms. The van der Waals surface area contributed by atoms with Crippen LogP contribution in [0.25, 0.3) is 10.9 Å². The number of benzene rings is 1. The van der Waals surface area contributed by atoms with Crippen molar-refractivity contribution in [3.05, 3.63) is 29.3 Å². The zero-order valence-electron chi connectivity index (χ0n) is 8.83. The molecule has 0 spiro atoms. The predicted octanol–water partition coefficient (Wildman–Crippen LogP) is 2.75. The summed E-state index contributed by atoms with van der Waals surface area (Å²) in [6.45, 7) is 4.22. The number of anilines is 1. The zero-order chi connectivity index (χ0) is 11.0. The van der Waals surface area contributed by atoms with E-state index in [1.54, 1.807) is 0 Å². The molecule has 0 saturated heterocycles. The lowest BCUT2D eigenvalue weighted by Crippen LogP contribution is -1.90. The largest absolute Gasteiger partial charge is 0.384 e. The van der Waals surface area contributed by atoms with E-state index in [2.05, 4.69) is 24.9 Å². The minimum absolute atomic E-state index is 0.385. The lowest BCUT2D eigenvalue weighted by Gasteiger charge is -2.06. The van der Waals surface area contributed by atoms with Gasteiger partial charge < -0.3 is 10.7 Å². The number of hydrogen-bond acceptors (Lipinski definition) is 2. The molecule has 1 heterocycles. The van der Waals surface area contributed by atoms with Gasteiger partial charge in [0.05, 0.1) is 0 Å². The highest BCUT2D eigenvalue weighted by atomic mass is 14.9. The van der Waals surface area contributed by atoms with E-state index in [0.717, 1.165) is 16.5 Å². The quantitative estimate of drug-likeness (QED) is 0.741. The number of nitrogens with two attached hydrogens (primary N) is 1. The maximum absolute atomic E-state index is 9.06. The average Bonchev–Trinajstić information content (AvgIpc) is 2.52. The predicted molar refractivity (Wildman–Crippen MR) is 61.5 cm³/mol. The van der Waals surface area contributed by atoms with Crippen molar-refractivity contribution in [1.82, 2.24) is 4.98 Å². The van der Waals surface area contributed by atoms with Crippen molar-refractivity contribution in [3.63, 3.8) is 0 Å². The van der Waals surface area contributed by atoms with E-state index >= 15 is 0 Å². The van der Waals surface area contributed by atoms with Gasteiger partial charge in [-0.2, -0.15) is 5.26 Å². The first kappa shape index (κ1) is 9.60. The summed E-state index contributed by atoms with van der Waals surface area (Å²) in [7, 11) is 0. The van der Waals surface area contributed by atoms with Gasteiger partial charge in [-0.1, -0.05) is 26.0 Å². The van der Waals surface area contributed by atoms with Gasteiger partial charge in [-0.05, 0) is 17.5 Å². The standard InChI is InChI=1S/C12H13N3/c1-7(2)8-4-3-5-10-11(8)9(6-13)12(14)15-10/h3-5,7,15H,14H2,1-2H3. The Morgan fingerprint density at radius 2 is 2.13 bits per heavy atom. The molecular formula is C12H13N3. The molecule has 0 unspecified atom stereocenters. The Morgan fingerprint density at radius 3 is 2.73 bits per heavy atom. The summed E-state index contributed by atoms with van der Waals surface area (Å²) in [6.07, 6.45) is 0. The number of nitrogens with one attached hydrogen (secondary N) is 1. The summed E-state index contributed by atoms with van der Waals surface area (Å²) in [5.41, 5.74) is 8.42. The summed E-state index contributed by atoms with van der Waals surface area (Å²) in [6, 6.07) is 8.12. The number of nitrogen functional groups attached to an aromatic ring is 1. The van der Waals surface area contributed by atoms with Gasteiger partial charge in [0.15, 0.2) is 0 Å². The van der Waals surface area contributed by atoms with Gasteiger partial charge >= 0.3 is 0 Å². The highest BCUT2D eigenvalue weighted by Crippen LogP contribution is 2.30. The number of rotatable bonds is 1. The number of nitrogens with zero attached hydrogens (tertiary/aromatic N) is 1. The number of H-pyrrole nitrogens is 1. The number of hydrogen-bond donors (Lipinski definition) is 2. The number of fused-ring (bicyclic) bond motifs is 1. The first-order valence-electron chi connectivity index (χ1n) is 4.95. The fraction of sp³-hybridized carbons (Fsp3) is 0.250. The first-order valence-corrected chi connectivity index (χ1v) is 4.95. The van der Waals surface area contributed by atoms with E-state index in [1.807, 2.05) is 18.2 Å². The lowest BCUT2D eigenvalue weighted by atomic mass is 9.97. The van der Waals surface area contributed by atoms with Crippen LogP contribution in [0, 0.1) is 11.3 Å². The van der Waals surface area contributed by atoms with Crippen LogP contribution in [0.5, 0.6) is 0 Å². The van der Waals surface area contributed by atoms with Crippen molar-refractivity contribution < 1.29 is 0 Å². The molecule has 3 nitrogen and oxygen atoms in total. The van der Waals surface area contributed by atoms with Crippen molar-refractivity contribution in [2.45, 2.75) is 19.8 Å². The van der Waals surface area contributed by atoms with Gasteiger partial charge in [-0.3, -0.25) is 0 Å². The Bertz CT molecular complexity index is 544. The average molecular weight is 199 g/mol. The molecule has 0 fully saturated rings. The molecule has 76 valence electrons. The van der Waals surface area contributed by atoms with Crippen LogP contribution in [0.1, 0.15) is 30.9 Å². The van der Waals surface area contributed by atoms with Crippen molar-refractivity contribution in [2.75, 3.05) is 5.73 Å². The maximum atomic E-state index is 9.06. The van der Waals surface area contributed by atoms with Crippen molar-refractivity contribution in [3.8, 4) is 6.07 Å². The summed E-state index contributed by atoms with van der Waals surface area (Å²) < 4.78 is 0. The van der Waals surface area contributed by atoms with Crippen LogP contribution in [-0.2, 0) is 0 Å². The smallest absolute Gasteiger partial charge is 0.119 e. The second kappa shape index (κ2) is 3.32. The third-order valence-corrected chi connectivity index (χ3v) is 2.62. The highest BCUT2D eigenvalue weighted by molar-refractivity contribution is 5.94. The van der Waals surface area contributed by atoms with Crippen LogP contribution >= 0.6 is 0 Å². The van der Waals surface area contributed by atoms with Crippen LogP contribution in [-0.4, -0.2) is 4.98 Å². The molecule has 1 aromatic heterocycles. The van der Waals surface area contributed by atoms with Crippen molar-refractivity contribution in [1.29, 1.82) is 5.26 Å². The lowest BCUT2D eigenvalue weighted by molar-refractivity contribution is 0.876. The molecule has 2 rings (SSSR count). The molecule has 0 aliphatic rings. The van der Waals surface area contributed by atoms with Gasteiger partial charge in [0, 0.05) is 10.9 Å². The molecule has 0 atom stereocenters. The molecule has 0 amide bonds. The van der Waals surface area contributed by atoms with Crippen LogP contribution in [0.4, 0.5) is 5.82 Å². The molecule has 3 heteroatoms. The minimum Gasteiger partial charge on any atom is -0.384 e. The monoisotopic (exact) mass is 199 g/mol. The van der Waals surface area contributed by atoms with E-state index in [4.69, 9.17) is 11.0 Å². The van der Waals surface area contributed by atoms with E-state index in [-0.39, 0.29) is 0 Å². The van der Waals surface area contributed by atoms with Gasteiger partial charge in [-0.15, -0.1) is 0 Å². The Balaban J connectivity index is 2.89. The summed E-state index contributed by atoms with van der Waals surface area (Å²) in [5.74, 6) is 0.844. The number of aromatic amines is 1. The summed E-state index contributed by atoms with van der Waals surface area (Å²) in [4.78, 5) is 3.03. The van der Waals surface area contributed by atoms with Crippen LogP contribution in [0.2, 0.25) is 0 Å². The molecule has 0 aliphatic carbocycles. The number of nitriles is 1. The van der Waals surface area contributed by atoms with E-state index in [9.17, 15) is 0 Å². The Morgan fingerprint density at radius 1 is 1.40 bits per heavy atom. The Labute approximate surface area is 88.5 Å². The van der Waals surface area contributed by atoms with Gasteiger partial charge in [-0.25, -0.2) is 0 Å². The van der Waals surface area contributed by atoms with Crippen LogP contribution < -0.4 is 5.73 Å². The maximum Gasteiger partial charge on any atom is 0.119 e. The molecule has 0 radical (unpaired) electrons. The fourth-order valence-electron chi connectivity index (χ4n) is 1.89. The summed E-state index contributed by atoms with van der Waals surface area (Å²) in [5, 5.41) is 10.0. The fourth-order valence-corrected chi connectivity index (χ4v) is 1.89. The number of aromatic nitrogens is 1. The van der Waals surface area contributed by atoms with Crippen molar-refractivity contribution >= 4 is 16.7 Å². The van der Waals surface area contributed by atoms with E-state index in [0.29, 0.717) is 17.3 Å². The second-order valence-corrected chi connectivity index (χ2v) is 3.95. The van der Waals surface area contributed by atoms with Crippen LogP contribution in [0.15, 0.2) is 18.2 Å². The molecule has 2 aromatic rings. The molecule has 3 N–H and O–H groups in total. The van der Waals surface area contributed by atoms with Gasteiger partial charge in [0.2, 0.25) is 0 Å². The molecule has 0 aliphatic heterocycles. The molecule has 0 saturated carbocycles. The molecule has 1 aromatic carbocycles. The minimum atomic E-state index is 0.385. The van der Waals surface area contributed by atoms with Gasteiger partial charge in [0.1, 0.15) is 17.5 Å². The summed E-state index contributed by atoms with van der Waals surface area (Å²) >= 11 is 0. The van der Waals surface area contributed by atoms with Gasteiger partial charge in [0.25, 0.3) is 0 Å². The molecular weight excluding hydrogens is 186 g/mol. The SMILES string of the molecule is CC(C)c1cccc2[nH]c(N)c(C#N)c12. The van der Waals surface area contributed by atoms with E-state index in [1.165, 1.54) is 0 Å². The first-order chi connectivity index (χ1) is 7.15. The molecule has 0 bridgehead atoms. The highest BCUT2D eigenvalue weighted by Gasteiger charge is 2.13. The Kier molecular flexibility index (Phi) is 2.12. The second-order valence-electron chi connectivity index (χ2n) is 3.95.